The zero-order chi connectivity index (χ0) is 21.2. The summed E-state index contributed by atoms with van der Waals surface area (Å²) in [6.45, 7) is 1.55. The molecule has 0 saturated carbocycles. The van der Waals surface area contributed by atoms with E-state index in [1.807, 2.05) is 60.9 Å². The summed E-state index contributed by atoms with van der Waals surface area (Å²) in [6.07, 6.45) is 9.43. The van der Waals surface area contributed by atoms with Gasteiger partial charge in [0.25, 0.3) is 0 Å². The number of halogens is 1. The average Bonchev–Trinajstić information content (AvgIpc) is 3.09. The summed E-state index contributed by atoms with van der Waals surface area (Å²) in [5, 5.41) is 3.93. The molecule has 0 aliphatic carbocycles. The Balaban J connectivity index is 1.57. The molecule has 2 aliphatic rings. The fourth-order valence-corrected chi connectivity index (χ4v) is 4.46. The Kier molecular flexibility index (Phi) is 5.40. The van der Waals surface area contributed by atoms with Crippen molar-refractivity contribution in [2.75, 3.05) is 13.1 Å². The number of nitrogens with zero attached hydrogens (tertiary/aromatic N) is 3. The van der Waals surface area contributed by atoms with Gasteiger partial charge in [0.05, 0.1) is 28.0 Å². The highest BCUT2D eigenvalue weighted by atomic mass is 35.5. The van der Waals surface area contributed by atoms with Crippen LogP contribution < -0.4 is 5.32 Å². The third-order valence-electron chi connectivity index (χ3n) is 5.82. The standard InChI is InChI=1S/C24H22ClN5O/c25-19-7-6-16(12-18(19)24-28-20-4-1-2-5-21(20)29-24)23-14-26-9-3-11-30(23)22-8-10-27-13-17(22)15-31/h1-7,9,11-12,14-15,17,22,27H,8,10,13H2,(H,28,29). The van der Waals surface area contributed by atoms with Crippen LogP contribution >= 0.6 is 11.6 Å². The molecule has 2 N–H and O–H groups in total. The van der Waals surface area contributed by atoms with Crippen LogP contribution in [-0.4, -0.2) is 46.5 Å². The van der Waals surface area contributed by atoms with Gasteiger partial charge >= 0.3 is 0 Å². The molecule has 3 heterocycles. The number of carbonyl (C=O) groups is 1. The van der Waals surface area contributed by atoms with Crippen LogP contribution in [0.25, 0.3) is 28.1 Å². The van der Waals surface area contributed by atoms with Crippen LogP contribution in [0.5, 0.6) is 0 Å². The summed E-state index contributed by atoms with van der Waals surface area (Å²) in [7, 11) is 0. The Morgan fingerprint density at radius 1 is 1.19 bits per heavy atom. The highest BCUT2D eigenvalue weighted by Gasteiger charge is 2.31. The fraction of sp³-hybridized carbons (Fsp3) is 0.208. The van der Waals surface area contributed by atoms with Gasteiger partial charge in [-0.05, 0) is 43.3 Å². The van der Waals surface area contributed by atoms with Gasteiger partial charge in [-0.15, -0.1) is 0 Å². The van der Waals surface area contributed by atoms with Crippen LogP contribution in [-0.2, 0) is 4.79 Å². The zero-order valence-corrected chi connectivity index (χ0v) is 17.6. The molecule has 0 amide bonds. The number of aromatic amines is 1. The molecule has 156 valence electrons. The number of hydrogen-bond donors (Lipinski definition) is 2. The van der Waals surface area contributed by atoms with Crippen LogP contribution in [0.15, 0.2) is 65.9 Å². The van der Waals surface area contributed by atoms with Crippen molar-refractivity contribution in [2.24, 2.45) is 10.9 Å². The molecule has 1 fully saturated rings. The quantitative estimate of drug-likeness (QED) is 0.605. The van der Waals surface area contributed by atoms with Gasteiger partial charge in [0.15, 0.2) is 0 Å². The van der Waals surface area contributed by atoms with Crippen LogP contribution in [0.1, 0.15) is 12.0 Å². The topological polar surface area (TPSA) is 73.4 Å². The van der Waals surface area contributed by atoms with Crippen molar-refractivity contribution in [3.63, 3.8) is 0 Å². The first-order valence-electron chi connectivity index (χ1n) is 10.3. The number of para-hydroxylation sites is 2. The van der Waals surface area contributed by atoms with Crippen molar-refractivity contribution >= 4 is 40.8 Å². The lowest BCUT2D eigenvalue weighted by molar-refractivity contribution is -0.112. The third-order valence-corrected chi connectivity index (χ3v) is 6.15. The van der Waals surface area contributed by atoms with Crippen molar-refractivity contribution < 1.29 is 4.79 Å². The van der Waals surface area contributed by atoms with E-state index in [1.54, 1.807) is 6.21 Å². The molecule has 5 rings (SSSR count). The van der Waals surface area contributed by atoms with Crippen molar-refractivity contribution in [3.8, 4) is 11.4 Å². The number of H-pyrrole nitrogens is 1. The lowest BCUT2D eigenvalue weighted by atomic mass is 9.92. The van der Waals surface area contributed by atoms with Gasteiger partial charge in [-0.3, -0.25) is 4.99 Å². The predicted octanol–water partition coefficient (Wildman–Crippen LogP) is 4.26. The number of piperidine rings is 1. The Morgan fingerprint density at radius 3 is 2.97 bits per heavy atom. The van der Waals surface area contributed by atoms with Crippen molar-refractivity contribution in [2.45, 2.75) is 12.5 Å². The SMILES string of the molecule is O=CC1CNCCC1N1C=CC=NC=C1c1ccc(Cl)c(-c2nc3ccccc3[nH]2)c1. The molecule has 3 aromatic rings. The summed E-state index contributed by atoms with van der Waals surface area (Å²) in [5.41, 5.74) is 4.57. The molecule has 7 heteroatoms. The van der Waals surface area contributed by atoms with Gasteiger partial charge in [-0.2, -0.15) is 0 Å². The monoisotopic (exact) mass is 431 g/mol. The Labute approximate surface area is 185 Å². The summed E-state index contributed by atoms with van der Waals surface area (Å²) in [6, 6.07) is 13.9. The van der Waals surface area contributed by atoms with Crippen LogP contribution in [0.2, 0.25) is 5.02 Å². The minimum atomic E-state index is -0.0953. The maximum atomic E-state index is 11.7. The summed E-state index contributed by atoms with van der Waals surface area (Å²) < 4.78 is 0. The van der Waals surface area contributed by atoms with Gasteiger partial charge in [0.2, 0.25) is 0 Å². The highest BCUT2D eigenvalue weighted by Crippen LogP contribution is 2.34. The molecule has 2 aromatic carbocycles. The highest BCUT2D eigenvalue weighted by molar-refractivity contribution is 6.33. The predicted molar refractivity (Wildman–Crippen MR) is 125 cm³/mol. The Bertz CT molecular complexity index is 1180. The second-order valence-corrected chi connectivity index (χ2v) is 8.13. The average molecular weight is 432 g/mol. The number of aldehydes is 1. The normalized spacial score (nSPS) is 21.2. The summed E-state index contributed by atoms with van der Waals surface area (Å²) in [5.74, 6) is 0.627. The van der Waals surface area contributed by atoms with E-state index in [0.29, 0.717) is 11.6 Å². The van der Waals surface area contributed by atoms with E-state index < -0.39 is 0 Å². The number of imidazole rings is 1. The molecule has 2 atom stereocenters. The number of fused-ring (bicyclic) bond motifs is 1. The minimum absolute atomic E-state index is 0.0632. The Morgan fingerprint density at radius 2 is 2.10 bits per heavy atom. The number of rotatable bonds is 4. The number of nitrogens with one attached hydrogen (secondary N) is 2. The van der Waals surface area contributed by atoms with E-state index in [1.165, 1.54) is 0 Å². The van der Waals surface area contributed by atoms with Crippen LogP contribution in [0.3, 0.4) is 0 Å². The van der Waals surface area contributed by atoms with Gasteiger partial charge in [0.1, 0.15) is 12.1 Å². The third kappa shape index (κ3) is 3.80. The molecule has 0 bridgehead atoms. The number of aliphatic imine (C=N–C) groups is 1. The summed E-state index contributed by atoms with van der Waals surface area (Å²) >= 11 is 6.57. The molecule has 2 aliphatic heterocycles. The second kappa shape index (κ2) is 8.49. The van der Waals surface area contributed by atoms with E-state index in [-0.39, 0.29) is 12.0 Å². The molecule has 0 radical (unpaired) electrons. The van der Waals surface area contributed by atoms with Gasteiger partial charge in [-0.1, -0.05) is 29.8 Å². The number of carbonyl (C=O) groups excluding carboxylic acids is 1. The number of hydrogen-bond acceptors (Lipinski definition) is 5. The molecule has 31 heavy (non-hydrogen) atoms. The number of allylic oxidation sites excluding steroid dienone is 1. The lowest BCUT2D eigenvalue weighted by Crippen LogP contribution is -2.47. The van der Waals surface area contributed by atoms with E-state index >= 15 is 0 Å². The first-order chi connectivity index (χ1) is 15.2. The maximum Gasteiger partial charge on any atom is 0.140 e. The molecule has 1 aromatic heterocycles. The van der Waals surface area contributed by atoms with E-state index in [4.69, 9.17) is 16.6 Å². The second-order valence-electron chi connectivity index (χ2n) is 7.72. The first kappa shape index (κ1) is 19.7. The molecule has 0 spiro atoms. The largest absolute Gasteiger partial charge is 0.342 e. The van der Waals surface area contributed by atoms with Crippen LogP contribution in [0, 0.1) is 5.92 Å². The van der Waals surface area contributed by atoms with E-state index in [0.717, 1.165) is 52.9 Å². The van der Waals surface area contributed by atoms with Gasteiger partial charge in [0, 0.05) is 42.0 Å². The van der Waals surface area contributed by atoms with Crippen molar-refractivity contribution in [3.05, 3.63) is 71.5 Å². The zero-order valence-electron chi connectivity index (χ0n) is 16.8. The van der Waals surface area contributed by atoms with Gasteiger partial charge < -0.3 is 20.0 Å². The van der Waals surface area contributed by atoms with Crippen molar-refractivity contribution in [1.82, 2.24) is 20.2 Å². The number of benzene rings is 2. The lowest BCUT2D eigenvalue weighted by Gasteiger charge is -2.38. The smallest absolute Gasteiger partial charge is 0.140 e. The molecular formula is C24H22ClN5O. The first-order valence-corrected chi connectivity index (χ1v) is 10.7. The fourth-order valence-electron chi connectivity index (χ4n) is 4.25. The molecule has 1 saturated heterocycles. The number of aromatic nitrogens is 2. The Hall–Kier alpha value is -3.22. The van der Waals surface area contributed by atoms with Gasteiger partial charge in [-0.25, -0.2) is 4.98 Å². The van der Waals surface area contributed by atoms with E-state index in [9.17, 15) is 4.79 Å². The van der Waals surface area contributed by atoms with Crippen LogP contribution in [0.4, 0.5) is 0 Å². The minimum Gasteiger partial charge on any atom is -0.342 e. The van der Waals surface area contributed by atoms with Crippen molar-refractivity contribution in [1.29, 1.82) is 0 Å². The molecular weight excluding hydrogens is 410 g/mol. The maximum absolute atomic E-state index is 11.7. The molecule has 2 unspecified atom stereocenters. The van der Waals surface area contributed by atoms with E-state index in [2.05, 4.69) is 20.2 Å². The molecule has 6 nitrogen and oxygen atoms in total. The summed E-state index contributed by atoms with van der Waals surface area (Å²) in [4.78, 5) is 26.4.